The third-order valence-electron chi connectivity index (χ3n) is 8.94. The first-order valence-corrected chi connectivity index (χ1v) is 15.5. The van der Waals surface area contributed by atoms with E-state index in [0.29, 0.717) is 0 Å². The molecule has 0 atom stereocenters. The van der Waals surface area contributed by atoms with Crippen molar-refractivity contribution in [3.05, 3.63) is 164 Å². The van der Waals surface area contributed by atoms with E-state index in [1.54, 1.807) is 12.4 Å². The Morgan fingerprint density at radius 1 is 0.326 bits per heavy atom. The van der Waals surface area contributed by atoms with Gasteiger partial charge >= 0.3 is 0 Å². The highest BCUT2D eigenvalue weighted by molar-refractivity contribution is 6.28. The lowest BCUT2D eigenvalue weighted by Crippen LogP contribution is -1.94. The van der Waals surface area contributed by atoms with Crippen molar-refractivity contribution in [1.29, 1.82) is 0 Å². The van der Waals surface area contributed by atoms with Crippen molar-refractivity contribution in [2.24, 2.45) is 0 Å². The van der Waals surface area contributed by atoms with Gasteiger partial charge in [-0.05, 0) is 108 Å². The zero-order valence-electron chi connectivity index (χ0n) is 24.9. The minimum Gasteiger partial charge on any atom is -0.255 e. The van der Waals surface area contributed by atoms with Gasteiger partial charge in [-0.2, -0.15) is 0 Å². The maximum Gasteiger partial charge on any atom is 0.0900 e. The number of hydrogen-bond acceptors (Lipinski definition) is 3. The van der Waals surface area contributed by atoms with E-state index < -0.39 is 0 Å². The van der Waals surface area contributed by atoms with E-state index in [2.05, 4.69) is 125 Å². The molecule has 9 aromatic rings. The first-order chi connectivity index (χ1) is 22.8. The molecule has 3 heteroatoms. The molecule has 9 rings (SSSR count). The summed E-state index contributed by atoms with van der Waals surface area (Å²) in [5, 5.41) is 7.75. The summed E-state index contributed by atoms with van der Waals surface area (Å²) >= 11 is 0. The van der Waals surface area contributed by atoms with Gasteiger partial charge in [-0.25, -0.2) is 4.98 Å². The number of pyridine rings is 3. The van der Waals surface area contributed by atoms with Crippen LogP contribution in [0.5, 0.6) is 0 Å². The quantitative estimate of drug-likeness (QED) is 0.189. The fraction of sp³-hybridized carbons (Fsp3) is 0. The van der Waals surface area contributed by atoms with Crippen molar-refractivity contribution in [3.63, 3.8) is 0 Å². The lowest BCUT2D eigenvalue weighted by Gasteiger charge is -2.18. The molecule has 0 fully saturated rings. The van der Waals surface area contributed by atoms with Gasteiger partial charge in [0.2, 0.25) is 0 Å². The van der Waals surface area contributed by atoms with Crippen LogP contribution < -0.4 is 0 Å². The standard InChI is InChI=1S/C43H27N3/c1-2-9-29(10-3-1)36-27-37(35-22-20-32-12-8-11-31-19-21-34(36)43(35)42(31)32)30-17-15-28(16-18-30)33-25-40(38-13-4-6-23-44-38)46-41(26-33)39-14-5-7-24-45-39/h1-27H. The molecule has 0 aliphatic carbocycles. The summed E-state index contributed by atoms with van der Waals surface area (Å²) in [7, 11) is 0. The van der Waals surface area contributed by atoms with Crippen LogP contribution in [-0.4, -0.2) is 15.0 Å². The van der Waals surface area contributed by atoms with E-state index in [-0.39, 0.29) is 0 Å². The monoisotopic (exact) mass is 585 g/mol. The summed E-state index contributed by atoms with van der Waals surface area (Å²) in [6.45, 7) is 0. The summed E-state index contributed by atoms with van der Waals surface area (Å²) in [6.07, 6.45) is 3.61. The SMILES string of the molecule is c1ccc(-c2cc(-c3ccc(-c4cc(-c5ccccn5)nc(-c5ccccn5)c4)cc3)c3ccc4cccc5ccc2c3c54)cc1. The number of benzene rings is 6. The van der Waals surface area contributed by atoms with Crippen molar-refractivity contribution in [2.75, 3.05) is 0 Å². The van der Waals surface area contributed by atoms with E-state index in [1.165, 1.54) is 54.6 Å². The molecule has 0 N–H and O–H groups in total. The maximum absolute atomic E-state index is 4.95. The van der Waals surface area contributed by atoms with Crippen molar-refractivity contribution >= 4 is 32.3 Å². The number of rotatable bonds is 5. The maximum atomic E-state index is 4.95. The van der Waals surface area contributed by atoms with Gasteiger partial charge < -0.3 is 0 Å². The number of aromatic nitrogens is 3. The van der Waals surface area contributed by atoms with Crippen LogP contribution in [0.15, 0.2) is 164 Å². The van der Waals surface area contributed by atoms with Gasteiger partial charge in [0.05, 0.1) is 22.8 Å². The zero-order valence-corrected chi connectivity index (χ0v) is 24.9. The molecule has 3 aromatic heterocycles. The van der Waals surface area contributed by atoms with E-state index >= 15 is 0 Å². The highest BCUT2D eigenvalue weighted by atomic mass is 14.8. The molecule has 0 bridgehead atoms. The van der Waals surface area contributed by atoms with Crippen LogP contribution >= 0.6 is 0 Å². The Labute approximate surface area is 266 Å². The molecular weight excluding hydrogens is 558 g/mol. The molecule has 6 aromatic carbocycles. The second kappa shape index (κ2) is 10.8. The molecule has 0 spiro atoms. The number of nitrogens with zero attached hydrogens (tertiary/aromatic N) is 3. The van der Waals surface area contributed by atoms with Crippen molar-refractivity contribution in [2.45, 2.75) is 0 Å². The summed E-state index contributed by atoms with van der Waals surface area (Å²) in [5.41, 5.74) is 10.4. The summed E-state index contributed by atoms with van der Waals surface area (Å²) in [6, 6.07) is 53.8. The summed E-state index contributed by atoms with van der Waals surface area (Å²) < 4.78 is 0. The molecular formula is C43H27N3. The normalized spacial score (nSPS) is 11.5. The Morgan fingerprint density at radius 2 is 0.870 bits per heavy atom. The van der Waals surface area contributed by atoms with E-state index in [0.717, 1.165) is 33.9 Å². The van der Waals surface area contributed by atoms with E-state index in [1.807, 2.05) is 36.4 Å². The molecule has 0 amide bonds. The van der Waals surface area contributed by atoms with E-state index in [4.69, 9.17) is 4.98 Å². The molecule has 0 radical (unpaired) electrons. The first-order valence-electron chi connectivity index (χ1n) is 15.5. The molecule has 3 heterocycles. The van der Waals surface area contributed by atoms with Crippen molar-refractivity contribution < 1.29 is 0 Å². The van der Waals surface area contributed by atoms with Gasteiger partial charge in [-0.15, -0.1) is 0 Å². The smallest absolute Gasteiger partial charge is 0.0900 e. The molecule has 0 unspecified atom stereocenters. The Bertz CT molecular complexity index is 2420. The van der Waals surface area contributed by atoms with Crippen LogP contribution in [0.2, 0.25) is 0 Å². The van der Waals surface area contributed by atoms with E-state index in [9.17, 15) is 0 Å². The third kappa shape index (κ3) is 4.41. The van der Waals surface area contributed by atoms with Crippen LogP contribution in [0.25, 0.3) is 88.5 Å². The van der Waals surface area contributed by atoms with Crippen LogP contribution in [0, 0.1) is 0 Å². The van der Waals surface area contributed by atoms with Gasteiger partial charge in [-0.1, -0.05) is 109 Å². The highest BCUT2D eigenvalue weighted by Crippen LogP contribution is 2.44. The van der Waals surface area contributed by atoms with Crippen LogP contribution in [-0.2, 0) is 0 Å². The predicted octanol–water partition coefficient (Wildman–Crippen LogP) is 11.1. The second-order valence-corrected chi connectivity index (χ2v) is 11.7. The Hall–Kier alpha value is -6.19. The molecule has 214 valence electrons. The summed E-state index contributed by atoms with van der Waals surface area (Å²) in [4.78, 5) is 14.1. The average molecular weight is 586 g/mol. The molecule has 0 saturated carbocycles. The van der Waals surface area contributed by atoms with Crippen LogP contribution in [0.3, 0.4) is 0 Å². The first kappa shape index (κ1) is 26.2. The minimum absolute atomic E-state index is 0.821. The lowest BCUT2D eigenvalue weighted by molar-refractivity contribution is 1.22. The van der Waals surface area contributed by atoms with Gasteiger partial charge in [0.25, 0.3) is 0 Å². The fourth-order valence-electron chi connectivity index (χ4n) is 6.76. The zero-order chi connectivity index (χ0) is 30.5. The lowest BCUT2D eigenvalue weighted by atomic mass is 9.85. The molecule has 0 aliphatic heterocycles. The minimum atomic E-state index is 0.821. The Kier molecular flexibility index (Phi) is 6.14. The fourth-order valence-corrected chi connectivity index (χ4v) is 6.76. The Balaban J connectivity index is 1.23. The molecule has 46 heavy (non-hydrogen) atoms. The average Bonchev–Trinajstić information content (AvgIpc) is 3.14. The van der Waals surface area contributed by atoms with Gasteiger partial charge in [0.1, 0.15) is 0 Å². The van der Waals surface area contributed by atoms with Crippen LogP contribution in [0.1, 0.15) is 0 Å². The molecule has 0 saturated heterocycles. The molecule has 0 aliphatic rings. The topological polar surface area (TPSA) is 38.7 Å². The van der Waals surface area contributed by atoms with Crippen molar-refractivity contribution in [1.82, 2.24) is 15.0 Å². The van der Waals surface area contributed by atoms with Gasteiger partial charge in [0.15, 0.2) is 0 Å². The van der Waals surface area contributed by atoms with Crippen molar-refractivity contribution in [3.8, 4) is 56.2 Å². The predicted molar refractivity (Wildman–Crippen MR) is 191 cm³/mol. The third-order valence-corrected chi connectivity index (χ3v) is 8.94. The largest absolute Gasteiger partial charge is 0.255 e. The summed E-state index contributed by atoms with van der Waals surface area (Å²) in [5.74, 6) is 0. The number of hydrogen-bond donors (Lipinski definition) is 0. The van der Waals surface area contributed by atoms with Crippen LogP contribution in [0.4, 0.5) is 0 Å². The van der Waals surface area contributed by atoms with Gasteiger partial charge in [0, 0.05) is 12.4 Å². The molecule has 3 nitrogen and oxygen atoms in total. The Morgan fingerprint density at radius 3 is 1.43 bits per heavy atom. The van der Waals surface area contributed by atoms with Gasteiger partial charge in [-0.3, -0.25) is 9.97 Å². The highest BCUT2D eigenvalue weighted by Gasteiger charge is 2.17. The second-order valence-electron chi connectivity index (χ2n) is 11.7.